The summed E-state index contributed by atoms with van der Waals surface area (Å²) < 4.78 is 6.27. The largest absolute Gasteiger partial charge is 0.478 e. The zero-order valence-electron chi connectivity index (χ0n) is 8.55. The Morgan fingerprint density at radius 1 is 1.71 bits per heavy atom. The van der Waals surface area contributed by atoms with Crippen molar-refractivity contribution in [3.05, 3.63) is 20.6 Å². The highest BCUT2D eigenvalue weighted by atomic mass is 79.9. The molecule has 0 spiro atoms. The SMILES string of the molecule is Cc1c(OC(C(=O)O)c2nnn[nH]2)csc1Br. The molecular weight excluding hydrogens is 312 g/mol. The minimum Gasteiger partial charge on any atom is -0.478 e. The van der Waals surface area contributed by atoms with E-state index in [-0.39, 0.29) is 5.82 Å². The van der Waals surface area contributed by atoms with Crippen molar-refractivity contribution in [3.8, 4) is 5.75 Å². The first-order valence-corrected chi connectivity index (χ1v) is 6.13. The van der Waals surface area contributed by atoms with Gasteiger partial charge in [-0.1, -0.05) is 0 Å². The molecule has 0 bridgehead atoms. The molecule has 2 aromatic heterocycles. The van der Waals surface area contributed by atoms with Crippen LogP contribution in [0.5, 0.6) is 5.75 Å². The monoisotopic (exact) mass is 318 g/mol. The number of thiophene rings is 1. The van der Waals surface area contributed by atoms with Crippen LogP contribution in [0.3, 0.4) is 0 Å². The highest BCUT2D eigenvalue weighted by Gasteiger charge is 2.27. The number of hydrogen-bond donors (Lipinski definition) is 2. The fraction of sp³-hybridized carbons (Fsp3) is 0.250. The lowest BCUT2D eigenvalue weighted by Crippen LogP contribution is -2.19. The Labute approximate surface area is 108 Å². The van der Waals surface area contributed by atoms with Crippen molar-refractivity contribution in [1.29, 1.82) is 0 Å². The van der Waals surface area contributed by atoms with Crippen molar-refractivity contribution in [2.75, 3.05) is 0 Å². The highest BCUT2D eigenvalue weighted by Crippen LogP contribution is 2.34. The van der Waals surface area contributed by atoms with E-state index in [0.29, 0.717) is 5.75 Å². The first-order chi connectivity index (χ1) is 8.09. The molecule has 9 heteroatoms. The lowest BCUT2D eigenvalue weighted by Gasteiger charge is -2.11. The van der Waals surface area contributed by atoms with Gasteiger partial charge >= 0.3 is 5.97 Å². The molecule has 2 rings (SSSR count). The molecule has 0 aromatic carbocycles. The fourth-order valence-electron chi connectivity index (χ4n) is 1.12. The van der Waals surface area contributed by atoms with E-state index in [0.717, 1.165) is 9.35 Å². The first-order valence-electron chi connectivity index (χ1n) is 4.46. The van der Waals surface area contributed by atoms with E-state index in [4.69, 9.17) is 9.84 Å². The van der Waals surface area contributed by atoms with Crippen LogP contribution in [0, 0.1) is 6.92 Å². The number of nitrogens with one attached hydrogen (secondary N) is 1. The van der Waals surface area contributed by atoms with E-state index < -0.39 is 12.1 Å². The highest BCUT2D eigenvalue weighted by molar-refractivity contribution is 9.11. The third-order valence-corrected chi connectivity index (χ3v) is 4.01. The van der Waals surface area contributed by atoms with Gasteiger partial charge in [-0.2, -0.15) is 0 Å². The number of tetrazole rings is 1. The van der Waals surface area contributed by atoms with Gasteiger partial charge in [0.05, 0.1) is 3.79 Å². The van der Waals surface area contributed by atoms with Crippen LogP contribution in [-0.4, -0.2) is 31.7 Å². The fourth-order valence-corrected chi connectivity index (χ4v) is 2.32. The van der Waals surface area contributed by atoms with E-state index in [1.807, 2.05) is 6.92 Å². The number of rotatable bonds is 4. The van der Waals surface area contributed by atoms with Crippen molar-refractivity contribution in [3.63, 3.8) is 0 Å². The smallest absolute Gasteiger partial charge is 0.353 e. The second-order valence-corrected chi connectivity index (χ2v) is 5.32. The Bertz CT molecular complexity index is 527. The normalized spacial score (nSPS) is 12.4. The maximum absolute atomic E-state index is 11.1. The van der Waals surface area contributed by atoms with Gasteiger partial charge in [-0.15, -0.1) is 16.4 Å². The molecule has 0 amide bonds. The Hall–Kier alpha value is -1.48. The Kier molecular flexibility index (Phi) is 3.38. The van der Waals surface area contributed by atoms with Gasteiger partial charge in [0.15, 0.2) is 0 Å². The molecule has 0 fully saturated rings. The van der Waals surface area contributed by atoms with E-state index in [9.17, 15) is 4.79 Å². The molecule has 1 atom stereocenters. The quantitative estimate of drug-likeness (QED) is 0.886. The zero-order valence-corrected chi connectivity index (χ0v) is 10.9. The van der Waals surface area contributed by atoms with E-state index in [2.05, 4.69) is 36.6 Å². The average molecular weight is 319 g/mol. The summed E-state index contributed by atoms with van der Waals surface area (Å²) >= 11 is 4.75. The van der Waals surface area contributed by atoms with Crippen molar-refractivity contribution >= 4 is 33.2 Å². The second-order valence-electron chi connectivity index (χ2n) is 3.12. The number of halogens is 1. The molecular formula is C8H7BrN4O3S. The van der Waals surface area contributed by atoms with Gasteiger partial charge in [0, 0.05) is 10.9 Å². The van der Waals surface area contributed by atoms with Gasteiger partial charge in [0.1, 0.15) is 5.75 Å². The summed E-state index contributed by atoms with van der Waals surface area (Å²) in [7, 11) is 0. The van der Waals surface area contributed by atoms with Crippen LogP contribution in [0.25, 0.3) is 0 Å². The number of aliphatic carboxylic acids is 1. The molecule has 0 aliphatic carbocycles. The summed E-state index contributed by atoms with van der Waals surface area (Å²) in [4.78, 5) is 11.1. The number of aromatic amines is 1. The molecule has 90 valence electrons. The zero-order chi connectivity index (χ0) is 12.4. The van der Waals surface area contributed by atoms with Crippen LogP contribution in [0.1, 0.15) is 17.5 Å². The Morgan fingerprint density at radius 3 is 2.94 bits per heavy atom. The van der Waals surface area contributed by atoms with Crippen LogP contribution in [0.4, 0.5) is 0 Å². The number of carboxylic acids is 1. The van der Waals surface area contributed by atoms with Gasteiger partial charge in [-0.3, -0.25) is 0 Å². The topological polar surface area (TPSA) is 101 Å². The summed E-state index contributed by atoms with van der Waals surface area (Å²) in [5, 5.41) is 23.3. The molecule has 2 heterocycles. The van der Waals surface area contributed by atoms with E-state index in [1.54, 1.807) is 5.38 Å². The molecule has 7 nitrogen and oxygen atoms in total. The van der Waals surface area contributed by atoms with Gasteiger partial charge in [0.25, 0.3) is 6.10 Å². The Morgan fingerprint density at radius 2 is 2.47 bits per heavy atom. The molecule has 2 aromatic rings. The number of carboxylic acid groups (broad SMARTS) is 1. The number of aromatic nitrogens is 4. The van der Waals surface area contributed by atoms with Gasteiger partial charge in [0.2, 0.25) is 5.82 Å². The lowest BCUT2D eigenvalue weighted by atomic mass is 10.3. The van der Waals surface area contributed by atoms with Crippen LogP contribution in [-0.2, 0) is 4.79 Å². The summed E-state index contributed by atoms with van der Waals surface area (Å²) in [5.74, 6) is -0.616. The van der Waals surface area contributed by atoms with Gasteiger partial charge in [-0.05, 0) is 33.3 Å². The summed E-state index contributed by atoms with van der Waals surface area (Å²) in [5.41, 5.74) is 0.841. The van der Waals surface area contributed by atoms with Crippen molar-refractivity contribution < 1.29 is 14.6 Å². The summed E-state index contributed by atoms with van der Waals surface area (Å²) in [6, 6.07) is 0. The van der Waals surface area contributed by atoms with Crippen molar-refractivity contribution in [1.82, 2.24) is 20.6 Å². The first kappa shape index (κ1) is 12.0. The van der Waals surface area contributed by atoms with E-state index >= 15 is 0 Å². The maximum atomic E-state index is 11.1. The van der Waals surface area contributed by atoms with Crippen LogP contribution in [0.2, 0.25) is 0 Å². The average Bonchev–Trinajstić information content (AvgIpc) is 2.89. The third kappa shape index (κ3) is 2.44. The lowest BCUT2D eigenvalue weighted by molar-refractivity contribution is -0.145. The second kappa shape index (κ2) is 4.80. The van der Waals surface area contributed by atoms with E-state index in [1.165, 1.54) is 11.3 Å². The summed E-state index contributed by atoms with van der Waals surface area (Å²) in [6.45, 7) is 1.83. The summed E-state index contributed by atoms with van der Waals surface area (Å²) in [6.07, 6.45) is -1.25. The predicted molar refractivity (Wildman–Crippen MR) is 61.9 cm³/mol. The predicted octanol–water partition coefficient (Wildman–Crippen LogP) is 1.54. The Balaban J connectivity index is 2.25. The number of carbonyl (C=O) groups is 1. The molecule has 0 aliphatic heterocycles. The molecule has 1 unspecified atom stereocenters. The molecule has 17 heavy (non-hydrogen) atoms. The van der Waals surface area contributed by atoms with Crippen molar-refractivity contribution in [2.45, 2.75) is 13.0 Å². The molecule has 0 saturated carbocycles. The molecule has 2 N–H and O–H groups in total. The minimum atomic E-state index is -1.25. The molecule has 0 saturated heterocycles. The van der Waals surface area contributed by atoms with Crippen molar-refractivity contribution in [2.24, 2.45) is 0 Å². The maximum Gasteiger partial charge on any atom is 0.353 e. The third-order valence-electron chi connectivity index (χ3n) is 2.01. The minimum absolute atomic E-state index is 0.0548. The number of H-pyrrole nitrogens is 1. The van der Waals surface area contributed by atoms with Crippen LogP contribution < -0.4 is 4.74 Å². The molecule has 0 radical (unpaired) electrons. The molecule has 0 aliphatic rings. The van der Waals surface area contributed by atoms with Crippen LogP contribution in [0.15, 0.2) is 9.17 Å². The standard InChI is InChI=1S/C8H7BrN4O3S/c1-3-4(2-17-6(3)9)16-5(8(14)15)7-10-12-13-11-7/h2,5H,1H3,(H,14,15)(H,10,11,12,13). The van der Waals surface area contributed by atoms with Gasteiger partial charge < -0.3 is 9.84 Å². The number of hydrogen-bond acceptors (Lipinski definition) is 6. The number of nitrogens with zero attached hydrogens (tertiary/aromatic N) is 3. The van der Waals surface area contributed by atoms with Gasteiger partial charge in [-0.25, -0.2) is 9.89 Å². The number of ether oxygens (including phenoxy) is 1. The van der Waals surface area contributed by atoms with Crippen LogP contribution >= 0.6 is 27.3 Å².